The van der Waals surface area contributed by atoms with E-state index in [9.17, 15) is 9.59 Å². The average Bonchev–Trinajstić information content (AvgIpc) is 2.96. The van der Waals surface area contributed by atoms with Crippen molar-refractivity contribution in [2.75, 3.05) is 20.2 Å². The molecule has 1 atom stereocenters. The maximum atomic E-state index is 12.9. The Morgan fingerprint density at radius 1 is 1.27 bits per heavy atom. The molecule has 4 rings (SSSR count). The number of nitrogens with zero attached hydrogens (tertiary/aromatic N) is 1. The van der Waals surface area contributed by atoms with Crippen LogP contribution in [-0.4, -0.2) is 37.0 Å². The molecular weight excluding hydrogens is 330 g/mol. The lowest BCUT2D eigenvalue weighted by molar-refractivity contribution is -0.125. The SMILES string of the molecule is C=CCN1CC2=C(C1=O)[C@@H](c1c(OC)ccc3ccccc13)NC(=O)N2. The first-order valence-electron chi connectivity index (χ1n) is 8.40. The zero-order valence-electron chi connectivity index (χ0n) is 14.4. The topological polar surface area (TPSA) is 70.7 Å². The highest BCUT2D eigenvalue weighted by Gasteiger charge is 2.41. The zero-order valence-corrected chi connectivity index (χ0v) is 14.4. The predicted octanol–water partition coefficient (Wildman–Crippen LogP) is 2.48. The standard InChI is InChI=1S/C20H19N3O3/c1-3-10-23-11-14-17(19(23)24)18(22-20(25)21-14)16-13-7-5-4-6-12(13)8-9-15(16)26-2/h3-9,18H,1,10-11H2,2H3,(H2,21,22,25)/t18-/m1/s1. The number of hydrogen-bond donors (Lipinski definition) is 2. The van der Waals surface area contributed by atoms with Crippen LogP contribution in [0.5, 0.6) is 5.75 Å². The smallest absolute Gasteiger partial charge is 0.319 e. The van der Waals surface area contributed by atoms with Gasteiger partial charge in [0.15, 0.2) is 0 Å². The Bertz CT molecular complexity index is 964. The summed E-state index contributed by atoms with van der Waals surface area (Å²) in [5.74, 6) is 0.533. The predicted molar refractivity (Wildman–Crippen MR) is 98.7 cm³/mol. The molecule has 2 aliphatic heterocycles. The van der Waals surface area contributed by atoms with Crippen LogP contribution in [-0.2, 0) is 4.79 Å². The summed E-state index contributed by atoms with van der Waals surface area (Å²) in [6.45, 7) is 4.50. The van der Waals surface area contributed by atoms with E-state index in [4.69, 9.17) is 4.74 Å². The van der Waals surface area contributed by atoms with Crippen LogP contribution in [0, 0.1) is 0 Å². The minimum Gasteiger partial charge on any atom is -0.496 e. The fourth-order valence-corrected chi connectivity index (χ4v) is 3.70. The van der Waals surface area contributed by atoms with Gasteiger partial charge in [-0.1, -0.05) is 36.4 Å². The second kappa shape index (κ2) is 6.22. The van der Waals surface area contributed by atoms with Gasteiger partial charge in [0.05, 0.1) is 31.0 Å². The molecule has 6 heteroatoms. The number of amides is 3. The van der Waals surface area contributed by atoms with Crippen molar-refractivity contribution in [1.82, 2.24) is 15.5 Å². The van der Waals surface area contributed by atoms with E-state index in [0.717, 1.165) is 16.3 Å². The highest BCUT2D eigenvalue weighted by molar-refractivity contribution is 6.03. The van der Waals surface area contributed by atoms with E-state index in [1.807, 2.05) is 36.4 Å². The van der Waals surface area contributed by atoms with Crippen LogP contribution in [0.1, 0.15) is 11.6 Å². The van der Waals surface area contributed by atoms with Crippen molar-refractivity contribution in [1.29, 1.82) is 0 Å². The summed E-state index contributed by atoms with van der Waals surface area (Å²) < 4.78 is 5.56. The molecule has 0 aliphatic carbocycles. The largest absolute Gasteiger partial charge is 0.496 e. The Morgan fingerprint density at radius 3 is 2.85 bits per heavy atom. The lowest BCUT2D eigenvalue weighted by atomic mass is 9.91. The fraction of sp³-hybridized carbons (Fsp3) is 0.200. The summed E-state index contributed by atoms with van der Waals surface area (Å²) in [7, 11) is 1.59. The summed E-state index contributed by atoms with van der Waals surface area (Å²) >= 11 is 0. The van der Waals surface area contributed by atoms with Gasteiger partial charge < -0.3 is 20.3 Å². The molecule has 0 bridgehead atoms. The van der Waals surface area contributed by atoms with Crippen LogP contribution in [0.25, 0.3) is 10.8 Å². The molecule has 0 unspecified atom stereocenters. The molecule has 0 spiro atoms. The Morgan fingerprint density at radius 2 is 2.08 bits per heavy atom. The maximum Gasteiger partial charge on any atom is 0.319 e. The summed E-state index contributed by atoms with van der Waals surface area (Å²) in [5.41, 5.74) is 1.99. The number of fused-ring (bicyclic) bond motifs is 1. The molecule has 132 valence electrons. The molecule has 26 heavy (non-hydrogen) atoms. The van der Waals surface area contributed by atoms with E-state index >= 15 is 0 Å². The van der Waals surface area contributed by atoms with Crippen molar-refractivity contribution in [3.05, 3.63) is 65.9 Å². The summed E-state index contributed by atoms with van der Waals surface area (Å²) in [4.78, 5) is 26.9. The monoisotopic (exact) mass is 349 g/mol. The Kier molecular flexibility index (Phi) is 3.88. The quantitative estimate of drug-likeness (QED) is 0.833. The van der Waals surface area contributed by atoms with E-state index in [-0.39, 0.29) is 11.9 Å². The molecule has 0 saturated heterocycles. The van der Waals surface area contributed by atoms with E-state index < -0.39 is 6.04 Å². The van der Waals surface area contributed by atoms with Gasteiger partial charge in [-0.05, 0) is 16.8 Å². The first kappa shape index (κ1) is 16.2. The minimum absolute atomic E-state index is 0.104. The second-order valence-corrected chi connectivity index (χ2v) is 6.30. The summed E-state index contributed by atoms with van der Waals surface area (Å²) in [6, 6.07) is 10.8. The number of carbonyl (C=O) groups excluding carboxylic acids is 2. The molecule has 6 nitrogen and oxygen atoms in total. The Labute approximate surface area is 151 Å². The summed E-state index contributed by atoms with van der Waals surface area (Å²) in [5, 5.41) is 7.64. The second-order valence-electron chi connectivity index (χ2n) is 6.30. The highest BCUT2D eigenvalue weighted by atomic mass is 16.5. The van der Waals surface area contributed by atoms with Crippen molar-refractivity contribution in [3.8, 4) is 5.75 Å². The molecular formula is C20H19N3O3. The fourth-order valence-electron chi connectivity index (χ4n) is 3.70. The molecule has 2 heterocycles. The van der Waals surface area contributed by atoms with Gasteiger partial charge in [-0.15, -0.1) is 6.58 Å². The maximum absolute atomic E-state index is 12.9. The van der Waals surface area contributed by atoms with Crippen molar-refractivity contribution in [2.45, 2.75) is 6.04 Å². The van der Waals surface area contributed by atoms with Gasteiger partial charge in [-0.3, -0.25) is 4.79 Å². The number of methoxy groups -OCH3 is 1. The van der Waals surface area contributed by atoms with Crippen LogP contribution in [0.2, 0.25) is 0 Å². The van der Waals surface area contributed by atoms with Crippen molar-refractivity contribution in [3.63, 3.8) is 0 Å². The lowest BCUT2D eigenvalue weighted by Gasteiger charge is -2.28. The molecule has 0 fully saturated rings. The molecule has 0 aromatic heterocycles. The van der Waals surface area contributed by atoms with E-state index in [0.29, 0.717) is 30.1 Å². The van der Waals surface area contributed by atoms with Crippen LogP contribution in [0.4, 0.5) is 4.79 Å². The minimum atomic E-state index is -0.567. The first-order chi connectivity index (χ1) is 12.6. The molecule has 2 N–H and O–H groups in total. The molecule has 0 radical (unpaired) electrons. The summed E-state index contributed by atoms with van der Waals surface area (Å²) in [6.07, 6.45) is 1.68. The third-order valence-corrected chi connectivity index (χ3v) is 4.81. The van der Waals surface area contributed by atoms with Crippen molar-refractivity contribution in [2.24, 2.45) is 0 Å². The third-order valence-electron chi connectivity index (χ3n) is 4.81. The van der Waals surface area contributed by atoms with Gasteiger partial charge in [-0.25, -0.2) is 4.79 Å². The number of hydrogen-bond acceptors (Lipinski definition) is 3. The Balaban J connectivity index is 1.91. The van der Waals surface area contributed by atoms with Crippen LogP contribution in [0.15, 0.2) is 60.3 Å². The first-order valence-corrected chi connectivity index (χ1v) is 8.40. The van der Waals surface area contributed by atoms with E-state index in [1.165, 1.54) is 0 Å². The number of ether oxygens (including phenoxy) is 1. The number of carbonyl (C=O) groups is 2. The number of rotatable bonds is 4. The Hall–Kier alpha value is -3.28. The van der Waals surface area contributed by atoms with Crippen LogP contribution in [0.3, 0.4) is 0 Å². The average molecular weight is 349 g/mol. The molecule has 2 aromatic rings. The highest BCUT2D eigenvalue weighted by Crippen LogP contribution is 2.40. The number of nitrogens with one attached hydrogen (secondary N) is 2. The zero-order chi connectivity index (χ0) is 18.3. The van der Waals surface area contributed by atoms with Crippen molar-refractivity contribution < 1.29 is 14.3 Å². The van der Waals surface area contributed by atoms with E-state index in [2.05, 4.69) is 17.2 Å². The molecule has 2 aromatic carbocycles. The van der Waals surface area contributed by atoms with E-state index in [1.54, 1.807) is 18.1 Å². The molecule has 0 saturated carbocycles. The van der Waals surface area contributed by atoms with Gasteiger partial charge in [0.2, 0.25) is 0 Å². The van der Waals surface area contributed by atoms with Gasteiger partial charge >= 0.3 is 6.03 Å². The van der Waals surface area contributed by atoms with Gasteiger partial charge in [0, 0.05) is 12.1 Å². The number of urea groups is 1. The van der Waals surface area contributed by atoms with Crippen LogP contribution >= 0.6 is 0 Å². The number of benzene rings is 2. The van der Waals surface area contributed by atoms with Gasteiger partial charge in [0.1, 0.15) is 5.75 Å². The van der Waals surface area contributed by atoms with Gasteiger partial charge in [-0.2, -0.15) is 0 Å². The molecule has 3 amide bonds. The van der Waals surface area contributed by atoms with Crippen molar-refractivity contribution >= 4 is 22.7 Å². The van der Waals surface area contributed by atoms with Gasteiger partial charge in [0.25, 0.3) is 5.91 Å². The van der Waals surface area contributed by atoms with Crippen LogP contribution < -0.4 is 15.4 Å². The normalized spacial score (nSPS) is 19.3. The third kappa shape index (κ3) is 2.42. The lowest BCUT2D eigenvalue weighted by Crippen LogP contribution is -2.44. The molecule has 2 aliphatic rings.